The number of carbonyl (C=O) groups excluding carboxylic acids is 3. The molecule has 1 aliphatic heterocycles. The first-order valence-electron chi connectivity index (χ1n) is 11.2. The van der Waals surface area contributed by atoms with Gasteiger partial charge >= 0.3 is 0 Å². The lowest BCUT2D eigenvalue weighted by Gasteiger charge is -2.21. The number of rotatable bonds is 9. The lowest BCUT2D eigenvalue weighted by atomic mass is 10.2. The van der Waals surface area contributed by atoms with Gasteiger partial charge in [-0.25, -0.2) is 8.42 Å². The van der Waals surface area contributed by atoms with Gasteiger partial charge in [-0.15, -0.1) is 0 Å². The molecule has 0 bridgehead atoms. The van der Waals surface area contributed by atoms with Crippen LogP contribution in [0, 0.1) is 11.3 Å². The second-order valence-corrected chi connectivity index (χ2v) is 9.86. The summed E-state index contributed by atoms with van der Waals surface area (Å²) in [6.07, 6.45) is 1.54. The van der Waals surface area contributed by atoms with Crippen molar-refractivity contribution >= 4 is 33.4 Å². The van der Waals surface area contributed by atoms with Gasteiger partial charge in [-0.3, -0.25) is 25.2 Å². The highest BCUT2D eigenvalue weighted by Crippen LogP contribution is 2.21. The smallest absolute Gasteiger partial charge is 0.269 e. The number of hydrazine groups is 1. The van der Waals surface area contributed by atoms with Gasteiger partial charge in [0.2, 0.25) is 21.8 Å². The Hall–Kier alpha value is -3.75. The fraction of sp³-hybridized carbons (Fsp3) is 0.333. The van der Waals surface area contributed by atoms with Crippen molar-refractivity contribution in [1.29, 1.82) is 5.26 Å². The first-order valence-corrected chi connectivity index (χ1v) is 12.7. The highest BCUT2D eigenvalue weighted by Gasteiger charge is 2.27. The van der Waals surface area contributed by atoms with Crippen LogP contribution >= 0.6 is 0 Å². The molecule has 2 aromatic rings. The number of anilines is 1. The summed E-state index contributed by atoms with van der Waals surface area (Å²) < 4.78 is 26.6. The molecule has 2 aromatic carbocycles. The maximum atomic E-state index is 12.6. The lowest BCUT2D eigenvalue weighted by Crippen LogP contribution is -2.42. The standard InChI is InChI=1S/C24H27N5O5S/c25-15-6-18-29(20-7-2-1-3-8-20)23(31)14-13-22(30)26-27-24(32)19-9-11-21(12-10-19)35(33,34)28-16-4-5-17-28/h1-3,7-12H,4-6,13-14,16-18H2,(H,26,30)(H,27,32). The largest absolute Gasteiger partial charge is 0.311 e. The molecule has 0 atom stereocenters. The normalized spacial score (nSPS) is 13.6. The second-order valence-electron chi connectivity index (χ2n) is 7.93. The molecular formula is C24H27N5O5S. The number of hydrogen-bond donors (Lipinski definition) is 2. The van der Waals surface area contributed by atoms with Gasteiger partial charge in [-0.1, -0.05) is 18.2 Å². The van der Waals surface area contributed by atoms with Crippen molar-refractivity contribution in [2.45, 2.75) is 37.0 Å². The van der Waals surface area contributed by atoms with E-state index in [9.17, 15) is 22.8 Å². The predicted octanol–water partition coefficient (Wildman–Crippen LogP) is 1.96. The average molecular weight is 498 g/mol. The van der Waals surface area contributed by atoms with Gasteiger partial charge < -0.3 is 4.90 Å². The Balaban J connectivity index is 1.49. The highest BCUT2D eigenvalue weighted by atomic mass is 32.2. The van der Waals surface area contributed by atoms with E-state index >= 15 is 0 Å². The first-order chi connectivity index (χ1) is 16.8. The summed E-state index contributed by atoms with van der Waals surface area (Å²) in [5.41, 5.74) is 5.33. The van der Waals surface area contributed by atoms with Gasteiger partial charge in [-0.2, -0.15) is 9.57 Å². The fourth-order valence-electron chi connectivity index (χ4n) is 3.64. The van der Waals surface area contributed by atoms with Gasteiger partial charge in [0.1, 0.15) is 0 Å². The number of hydrogen-bond acceptors (Lipinski definition) is 6. The number of para-hydroxylation sites is 1. The summed E-state index contributed by atoms with van der Waals surface area (Å²) >= 11 is 0. The van der Waals surface area contributed by atoms with E-state index in [-0.39, 0.29) is 42.2 Å². The van der Waals surface area contributed by atoms with E-state index in [1.807, 2.05) is 12.1 Å². The molecule has 3 amide bonds. The quantitative estimate of drug-likeness (QED) is 0.508. The van der Waals surface area contributed by atoms with E-state index in [0.717, 1.165) is 12.8 Å². The number of nitriles is 1. The number of amides is 3. The lowest BCUT2D eigenvalue weighted by molar-refractivity contribution is -0.125. The van der Waals surface area contributed by atoms with Crippen LogP contribution in [0.2, 0.25) is 0 Å². The number of benzene rings is 2. The molecule has 0 radical (unpaired) electrons. The molecule has 0 saturated carbocycles. The minimum Gasteiger partial charge on any atom is -0.311 e. The molecule has 35 heavy (non-hydrogen) atoms. The van der Waals surface area contributed by atoms with Crippen molar-refractivity contribution in [1.82, 2.24) is 15.2 Å². The fourth-order valence-corrected chi connectivity index (χ4v) is 5.16. The minimum absolute atomic E-state index is 0.106. The van der Waals surface area contributed by atoms with Crippen LogP contribution in [0.3, 0.4) is 0 Å². The van der Waals surface area contributed by atoms with Crippen LogP contribution < -0.4 is 15.8 Å². The molecule has 3 rings (SSSR count). The average Bonchev–Trinajstić information content (AvgIpc) is 3.43. The number of nitrogens with zero attached hydrogens (tertiary/aromatic N) is 3. The SMILES string of the molecule is N#CCCN(C(=O)CCC(=O)NNC(=O)c1ccc(S(=O)(=O)N2CCCC2)cc1)c1ccccc1. The summed E-state index contributed by atoms with van der Waals surface area (Å²) in [6, 6.07) is 16.3. The van der Waals surface area contributed by atoms with Crippen LogP contribution in [-0.2, 0) is 19.6 Å². The molecule has 1 fully saturated rings. The monoisotopic (exact) mass is 497 g/mol. The molecule has 2 N–H and O–H groups in total. The molecule has 0 aliphatic carbocycles. The zero-order valence-corrected chi connectivity index (χ0v) is 20.0. The van der Waals surface area contributed by atoms with E-state index in [1.54, 1.807) is 24.3 Å². The second kappa shape index (κ2) is 12.1. The molecule has 1 aliphatic rings. The Bertz CT molecular complexity index is 1190. The third kappa shape index (κ3) is 6.88. The number of carbonyl (C=O) groups is 3. The van der Waals surface area contributed by atoms with Crippen molar-refractivity contribution in [2.24, 2.45) is 0 Å². The van der Waals surface area contributed by atoms with E-state index < -0.39 is 21.8 Å². The third-order valence-corrected chi connectivity index (χ3v) is 7.43. The summed E-state index contributed by atoms with van der Waals surface area (Å²) in [7, 11) is -3.58. The number of nitrogens with one attached hydrogen (secondary N) is 2. The van der Waals surface area contributed by atoms with Gasteiger partial charge in [-0.05, 0) is 49.2 Å². The van der Waals surface area contributed by atoms with Crippen molar-refractivity contribution in [2.75, 3.05) is 24.5 Å². The van der Waals surface area contributed by atoms with Crippen molar-refractivity contribution in [3.63, 3.8) is 0 Å². The molecule has 10 nitrogen and oxygen atoms in total. The Labute approximate surface area is 204 Å². The van der Waals surface area contributed by atoms with E-state index in [4.69, 9.17) is 5.26 Å². The van der Waals surface area contributed by atoms with Gasteiger partial charge in [0.15, 0.2) is 0 Å². The summed E-state index contributed by atoms with van der Waals surface area (Å²) in [4.78, 5) is 38.7. The van der Waals surface area contributed by atoms with E-state index in [2.05, 4.69) is 10.9 Å². The molecule has 0 unspecified atom stereocenters. The summed E-state index contributed by atoms with van der Waals surface area (Å²) in [5.74, 6) is -1.49. The van der Waals surface area contributed by atoms with E-state index in [1.165, 1.54) is 33.5 Å². The van der Waals surface area contributed by atoms with Crippen LogP contribution in [0.4, 0.5) is 5.69 Å². The highest BCUT2D eigenvalue weighted by molar-refractivity contribution is 7.89. The van der Waals surface area contributed by atoms with Crippen LogP contribution in [0.15, 0.2) is 59.5 Å². The third-order valence-electron chi connectivity index (χ3n) is 5.52. The van der Waals surface area contributed by atoms with Crippen LogP contribution in [0.1, 0.15) is 42.5 Å². The summed E-state index contributed by atoms with van der Waals surface area (Å²) in [5, 5.41) is 8.86. The van der Waals surface area contributed by atoms with Gasteiger partial charge in [0.25, 0.3) is 5.91 Å². The zero-order valence-electron chi connectivity index (χ0n) is 19.1. The zero-order chi connectivity index (χ0) is 25.3. The molecule has 0 spiro atoms. The van der Waals surface area contributed by atoms with Crippen molar-refractivity contribution in [3.8, 4) is 6.07 Å². The molecule has 184 valence electrons. The van der Waals surface area contributed by atoms with Crippen molar-refractivity contribution in [3.05, 3.63) is 60.2 Å². The first kappa shape index (κ1) is 25.9. The topological polar surface area (TPSA) is 140 Å². The predicted molar refractivity (Wildman–Crippen MR) is 128 cm³/mol. The maximum absolute atomic E-state index is 12.6. The number of sulfonamides is 1. The molecule has 1 heterocycles. The Morgan fingerprint density at radius 3 is 2.23 bits per heavy atom. The Morgan fingerprint density at radius 2 is 1.60 bits per heavy atom. The van der Waals surface area contributed by atoms with E-state index in [0.29, 0.717) is 18.8 Å². The van der Waals surface area contributed by atoms with Gasteiger partial charge in [0, 0.05) is 43.7 Å². The van der Waals surface area contributed by atoms with Crippen LogP contribution in [-0.4, -0.2) is 50.1 Å². The van der Waals surface area contributed by atoms with Crippen molar-refractivity contribution < 1.29 is 22.8 Å². The van der Waals surface area contributed by atoms with Gasteiger partial charge in [0.05, 0.1) is 17.4 Å². The Morgan fingerprint density at radius 1 is 0.943 bits per heavy atom. The molecule has 11 heteroatoms. The molecule has 1 saturated heterocycles. The van der Waals surface area contributed by atoms with Crippen LogP contribution in [0.5, 0.6) is 0 Å². The maximum Gasteiger partial charge on any atom is 0.269 e. The molecule has 0 aromatic heterocycles. The molecular weight excluding hydrogens is 470 g/mol. The Kier molecular flexibility index (Phi) is 8.94. The van der Waals surface area contributed by atoms with Crippen LogP contribution in [0.25, 0.3) is 0 Å². The minimum atomic E-state index is -3.58. The summed E-state index contributed by atoms with van der Waals surface area (Å²) in [6.45, 7) is 1.18.